The van der Waals surface area contributed by atoms with Crippen LogP contribution in [0.2, 0.25) is 0 Å². The number of hydrogen-bond donors (Lipinski definition) is 0. The van der Waals surface area contributed by atoms with Gasteiger partial charge in [0.15, 0.2) is 0 Å². The molecule has 0 amide bonds. The van der Waals surface area contributed by atoms with Gasteiger partial charge in [-0.05, 0) is 35.9 Å². The lowest BCUT2D eigenvalue weighted by molar-refractivity contribution is -0.142. The maximum Gasteiger partial charge on any atom is 0.419 e. The van der Waals surface area contributed by atoms with Crippen LogP contribution in [0, 0.1) is 0 Å². The number of carbonyl (C=O) groups is 1. The fraction of sp³-hybridized carbons (Fsp3) is 0.208. The summed E-state index contributed by atoms with van der Waals surface area (Å²) in [5.41, 5.74) is -0.248. The van der Waals surface area contributed by atoms with Gasteiger partial charge in [0.05, 0.1) is 11.1 Å². The van der Waals surface area contributed by atoms with Gasteiger partial charge in [-0.3, -0.25) is 0 Å². The number of esters is 1. The van der Waals surface area contributed by atoms with Crippen LogP contribution in [0.5, 0.6) is 11.5 Å². The molecule has 0 N–H and O–H groups in total. The maximum absolute atomic E-state index is 13.6. The Labute approximate surface area is 178 Å². The molecule has 3 rings (SSSR count). The van der Waals surface area contributed by atoms with Crippen molar-refractivity contribution >= 4 is 5.97 Å². The van der Waals surface area contributed by atoms with Crippen LogP contribution in [0.15, 0.2) is 78.9 Å². The van der Waals surface area contributed by atoms with Gasteiger partial charge in [0.25, 0.3) is 0 Å². The van der Waals surface area contributed by atoms with Gasteiger partial charge in [-0.2, -0.15) is 13.2 Å². The number of carbonyl (C=O) groups excluding carboxylic acids is 1. The molecular weight excluding hydrogens is 409 g/mol. The molecule has 3 aromatic rings. The van der Waals surface area contributed by atoms with E-state index in [2.05, 4.69) is 0 Å². The van der Waals surface area contributed by atoms with Gasteiger partial charge < -0.3 is 14.2 Å². The normalized spacial score (nSPS) is 13.3. The Morgan fingerprint density at radius 1 is 0.903 bits per heavy atom. The molecule has 4 nitrogen and oxygen atoms in total. The van der Waals surface area contributed by atoms with Crippen LogP contribution in [-0.2, 0) is 10.9 Å². The van der Waals surface area contributed by atoms with Crippen LogP contribution < -0.4 is 9.47 Å². The van der Waals surface area contributed by atoms with Crippen molar-refractivity contribution in [3.8, 4) is 11.5 Å². The maximum atomic E-state index is 13.6. The average Bonchev–Trinajstić information content (AvgIpc) is 2.77. The van der Waals surface area contributed by atoms with Crippen molar-refractivity contribution in [3.63, 3.8) is 0 Å². The number of benzene rings is 3. The van der Waals surface area contributed by atoms with Crippen molar-refractivity contribution in [2.75, 3.05) is 7.11 Å². The van der Waals surface area contributed by atoms with E-state index in [0.29, 0.717) is 0 Å². The highest BCUT2D eigenvalue weighted by Crippen LogP contribution is 2.38. The first-order valence-electron chi connectivity index (χ1n) is 9.52. The zero-order chi connectivity index (χ0) is 22.4. The molecule has 0 aliphatic rings. The molecule has 0 heterocycles. The molecule has 0 bridgehead atoms. The molecule has 0 saturated heterocycles. The Morgan fingerprint density at radius 3 is 2.10 bits per heavy atom. The smallest absolute Gasteiger partial charge is 0.419 e. The van der Waals surface area contributed by atoms with E-state index < -0.39 is 29.7 Å². The highest BCUT2D eigenvalue weighted by atomic mass is 19.4. The van der Waals surface area contributed by atoms with Gasteiger partial charge in [-0.15, -0.1) is 0 Å². The number of methoxy groups -OCH3 is 1. The molecule has 31 heavy (non-hydrogen) atoms. The van der Waals surface area contributed by atoms with E-state index in [-0.39, 0.29) is 17.2 Å². The van der Waals surface area contributed by atoms with Crippen molar-refractivity contribution in [2.45, 2.75) is 25.3 Å². The molecule has 0 radical (unpaired) electrons. The second-order valence-electron chi connectivity index (χ2n) is 6.83. The number of rotatable bonds is 7. The van der Waals surface area contributed by atoms with Gasteiger partial charge >= 0.3 is 12.1 Å². The average molecular weight is 430 g/mol. The van der Waals surface area contributed by atoms with Crippen molar-refractivity contribution in [2.24, 2.45) is 0 Å². The first-order chi connectivity index (χ1) is 14.8. The standard InChI is InChI=1S/C24H21F3O4/c1-16(17-9-5-3-6-10-17)23(29-2)31-21-15-18(13-14-20(21)24(25,26)27)22(28)30-19-11-7-4-8-12-19/h3-16,23H,1-2H3. The summed E-state index contributed by atoms with van der Waals surface area (Å²) in [7, 11) is 1.35. The fourth-order valence-corrected chi connectivity index (χ4v) is 3.03. The molecule has 162 valence electrons. The van der Waals surface area contributed by atoms with E-state index in [1.54, 1.807) is 37.3 Å². The number of ether oxygens (including phenoxy) is 3. The molecule has 3 aromatic carbocycles. The molecule has 2 atom stereocenters. The molecule has 0 aromatic heterocycles. The molecule has 0 aliphatic heterocycles. The summed E-state index contributed by atoms with van der Waals surface area (Å²) < 4.78 is 56.9. The van der Waals surface area contributed by atoms with Crippen molar-refractivity contribution in [1.29, 1.82) is 0 Å². The van der Waals surface area contributed by atoms with Crippen LogP contribution in [-0.4, -0.2) is 19.4 Å². The third-order valence-corrected chi connectivity index (χ3v) is 4.69. The zero-order valence-electron chi connectivity index (χ0n) is 16.9. The fourth-order valence-electron chi connectivity index (χ4n) is 3.03. The molecule has 0 saturated carbocycles. The Hall–Kier alpha value is -3.32. The van der Waals surface area contributed by atoms with Gasteiger partial charge in [-0.1, -0.05) is 55.5 Å². The minimum Gasteiger partial charge on any atom is -0.464 e. The number of para-hydroxylation sites is 1. The van der Waals surface area contributed by atoms with Crippen LogP contribution in [0.25, 0.3) is 0 Å². The molecule has 0 fully saturated rings. The van der Waals surface area contributed by atoms with Gasteiger partial charge in [0, 0.05) is 13.0 Å². The van der Waals surface area contributed by atoms with Crippen LogP contribution in [0.1, 0.15) is 34.3 Å². The van der Waals surface area contributed by atoms with Crippen molar-refractivity contribution in [1.82, 2.24) is 0 Å². The first-order valence-corrected chi connectivity index (χ1v) is 9.52. The number of alkyl halides is 3. The Balaban J connectivity index is 1.90. The summed E-state index contributed by atoms with van der Waals surface area (Å²) in [6.45, 7) is 1.78. The van der Waals surface area contributed by atoms with Gasteiger partial charge in [0.1, 0.15) is 11.5 Å². The quantitative estimate of drug-likeness (QED) is 0.259. The van der Waals surface area contributed by atoms with E-state index in [4.69, 9.17) is 14.2 Å². The van der Waals surface area contributed by atoms with Crippen LogP contribution in [0.3, 0.4) is 0 Å². The molecule has 0 aliphatic carbocycles. The molecule has 7 heteroatoms. The van der Waals surface area contributed by atoms with E-state index in [0.717, 1.165) is 23.8 Å². The summed E-state index contributed by atoms with van der Waals surface area (Å²) in [5, 5.41) is 0. The Morgan fingerprint density at radius 2 is 1.52 bits per heavy atom. The third-order valence-electron chi connectivity index (χ3n) is 4.69. The van der Waals surface area contributed by atoms with E-state index in [1.165, 1.54) is 7.11 Å². The van der Waals surface area contributed by atoms with E-state index >= 15 is 0 Å². The van der Waals surface area contributed by atoms with Crippen LogP contribution >= 0.6 is 0 Å². The van der Waals surface area contributed by atoms with Gasteiger partial charge in [0.2, 0.25) is 6.29 Å². The monoisotopic (exact) mass is 430 g/mol. The number of hydrogen-bond acceptors (Lipinski definition) is 4. The minimum absolute atomic E-state index is 0.0749. The third kappa shape index (κ3) is 5.64. The lowest BCUT2D eigenvalue weighted by Gasteiger charge is -2.26. The van der Waals surface area contributed by atoms with E-state index in [1.807, 2.05) is 30.3 Å². The summed E-state index contributed by atoms with van der Waals surface area (Å²) >= 11 is 0. The lowest BCUT2D eigenvalue weighted by atomic mass is 10.0. The lowest BCUT2D eigenvalue weighted by Crippen LogP contribution is -2.27. The summed E-state index contributed by atoms with van der Waals surface area (Å²) in [4.78, 5) is 12.4. The highest BCUT2D eigenvalue weighted by Gasteiger charge is 2.36. The Kier molecular flexibility index (Phi) is 6.97. The van der Waals surface area contributed by atoms with Crippen LogP contribution in [0.4, 0.5) is 13.2 Å². The topological polar surface area (TPSA) is 44.8 Å². The summed E-state index contributed by atoms with van der Waals surface area (Å²) in [6, 6.07) is 20.3. The molecule has 0 spiro atoms. The Bertz CT molecular complexity index is 1000. The second-order valence-corrected chi connectivity index (χ2v) is 6.83. The van der Waals surface area contributed by atoms with E-state index in [9.17, 15) is 18.0 Å². The summed E-state index contributed by atoms with van der Waals surface area (Å²) in [5.74, 6) is -1.39. The predicted molar refractivity (Wildman–Crippen MR) is 109 cm³/mol. The summed E-state index contributed by atoms with van der Waals surface area (Å²) in [6.07, 6.45) is -5.69. The first kappa shape index (κ1) is 22.4. The van der Waals surface area contributed by atoms with Crippen molar-refractivity contribution in [3.05, 3.63) is 95.6 Å². The second kappa shape index (κ2) is 9.66. The van der Waals surface area contributed by atoms with Gasteiger partial charge in [-0.25, -0.2) is 4.79 Å². The number of halogens is 3. The molecular formula is C24H21F3O4. The minimum atomic E-state index is -4.68. The largest absolute Gasteiger partial charge is 0.464 e. The highest BCUT2D eigenvalue weighted by molar-refractivity contribution is 5.91. The zero-order valence-corrected chi connectivity index (χ0v) is 16.9. The molecule has 2 unspecified atom stereocenters. The predicted octanol–water partition coefficient (Wildman–Crippen LogP) is 6.08. The van der Waals surface area contributed by atoms with Crippen molar-refractivity contribution < 1.29 is 32.2 Å². The SMILES string of the molecule is COC(Oc1cc(C(=O)Oc2ccccc2)ccc1C(F)(F)F)C(C)c1ccccc1.